The van der Waals surface area contributed by atoms with E-state index in [1.807, 2.05) is 0 Å². The first kappa shape index (κ1) is 19.8. The summed E-state index contributed by atoms with van der Waals surface area (Å²) in [6, 6.07) is 6.10. The molecule has 134 valence electrons. The van der Waals surface area contributed by atoms with Crippen LogP contribution in [-0.4, -0.2) is 45.4 Å². The molecule has 0 spiro atoms. The lowest BCUT2D eigenvalue weighted by molar-refractivity contribution is 0.0526. The number of amides is 2. The Kier molecular flexibility index (Phi) is 6.59. The van der Waals surface area contributed by atoms with Crippen LogP contribution in [0.2, 0.25) is 0 Å². The van der Waals surface area contributed by atoms with Crippen LogP contribution in [0.4, 0.5) is 10.5 Å². The molecule has 0 bridgehead atoms. The van der Waals surface area contributed by atoms with Gasteiger partial charge in [0.05, 0.1) is 6.26 Å². The Bertz CT molecular complexity index is 695. The molecule has 0 fully saturated rings. The fraction of sp³-hybridized carbons (Fsp3) is 0.467. The first-order chi connectivity index (χ1) is 11.0. The standard InChI is InChI=1S/C15H23N3O5S/c1-15(2,3)23-14(20)17-9-8-16-13(19)11-6-5-7-12(10-11)18-24(4,21)22/h5-7,10,18H,8-9H2,1-4H3,(H,16,19)(H,17,20). The molecule has 0 radical (unpaired) electrons. The van der Waals surface area contributed by atoms with Gasteiger partial charge in [-0.25, -0.2) is 13.2 Å². The van der Waals surface area contributed by atoms with Gasteiger partial charge in [0, 0.05) is 24.3 Å². The van der Waals surface area contributed by atoms with Crippen LogP contribution in [0.3, 0.4) is 0 Å². The molecular formula is C15H23N3O5S. The Morgan fingerprint density at radius 3 is 2.33 bits per heavy atom. The van der Waals surface area contributed by atoms with Crippen molar-refractivity contribution in [3.63, 3.8) is 0 Å². The molecule has 9 heteroatoms. The van der Waals surface area contributed by atoms with Gasteiger partial charge in [-0.2, -0.15) is 0 Å². The van der Waals surface area contributed by atoms with E-state index in [2.05, 4.69) is 15.4 Å². The largest absolute Gasteiger partial charge is 0.444 e. The highest BCUT2D eigenvalue weighted by molar-refractivity contribution is 7.92. The molecule has 2 amide bonds. The number of anilines is 1. The molecule has 1 aromatic rings. The third kappa shape index (κ3) is 8.37. The molecular weight excluding hydrogens is 334 g/mol. The van der Waals surface area contributed by atoms with Gasteiger partial charge < -0.3 is 15.4 Å². The van der Waals surface area contributed by atoms with E-state index in [1.165, 1.54) is 6.07 Å². The fourth-order valence-corrected chi connectivity index (χ4v) is 2.25. The molecule has 0 aliphatic carbocycles. The van der Waals surface area contributed by atoms with Crippen LogP contribution in [-0.2, 0) is 14.8 Å². The van der Waals surface area contributed by atoms with Gasteiger partial charge in [-0.3, -0.25) is 9.52 Å². The third-order valence-electron chi connectivity index (χ3n) is 2.51. The lowest BCUT2D eigenvalue weighted by atomic mass is 10.2. The summed E-state index contributed by atoms with van der Waals surface area (Å²) < 4.78 is 29.7. The molecule has 0 aliphatic heterocycles. The second-order valence-corrected chi connectivity index (χ2v) is 7.89. The molecule has 0 saturated carbocycles. The van der Waals surface area contributed by atoms with E-state index < -0.39 is 21.7 Å². The number of hydrogen-bond donors (Lipinski definition) is 3. The van der Waals surface area contributed by atoms with Gasteiger partial charge in [0.1, 0.15) is 5.60 Å². The molecule has 0 atom stereocenters. The van der Waals surface area contributed by atoms with E-state index in [0.717, 1.165) is 6.26 Å². The second kappa shape index (κ2) is 8.00. The Morgan fingerprint density at radius 1 is 1.12 bits per heavy atom. The van der Waals surface area contributed by atoms with Gasteiger partial charge >= 0.3 is 6.09 Å². The van der Waals surface area contributed by atoms with Crippen molar-refractivity contribution in [1.29, 1.82) is 0 Å². The van der Waals surface area contributed by atoms with Gasteiger partial charge in [0.25, 0.3) is 5.91 Å². The van der Waals surface area contributed by atoms with E-state index >= 15 is 0 Å². The average Bonchev–Trinajstić information content (AvgIpc) is 2.40. The zero-order chi connectivity index (χ0) is 18.4. The number of carbonyl (C=O) groups excluding carboxylic acids is 2. The maximum Gasteiger partial charge on any atom is 0.407 e. The van der Waals surface area contributed by atoms with E-state index in [1.54, 1.807) is 39.0 Å². The van der Waals surface area contributed by atoms with Gasteiger partial charge in [-0.15, -0.1) is 0 Å². The summed E-state index contributed by atoms with van der Waals surface area (Å²) in [5.41, 5.74) is 0.0263. The average molecular weight is 357 g/mol. The fourth-order valence-electron chi connectivity index (χ4n) is 1.69. The second-order valence-electron chi connectivity index (χ2n) is 6.14. The van der Waals surface area contributed by atoms with E-state index in [4.69, 9.17) is 4.74 Å². The number of nitrogens with one attached hydrogen (secondary N) is 3. The lowest BCUT2D eigenvalue weighted by Gasteiger charge is -2.19. The summed E-state index contributed by atoms with van der Waals surface area (Å²) in [6.07, 6.45) is 0.471. The Hall–Kier alpha value is -2.29. The number of alkyl carbamates (subject to hydrolysis) is 1. The van der Waals surface area contributed by atoms with Crippen LogP contribution < -0.4 is 15.4 Å². The number of rotatable bonds is 6. The minimum atomic E-state index is -3.41. The van der Waals surface area contributed by atoms with Crippen LogP contribution in [0.25, 0.3) is 0 Å². The molecule has 8 nitrogen and oxygen atoms in total. The van der Waals surface area contributed by atoms with Crippen molar-refractivity contribution in [2.24, 2.45) is 0 Å². The lowest BCUT2D eigenvalue weighted by Crippen LogP contribution is -2.37. The molecule has 3 N–H and O–H groups in total. The maximum atomic E-state index is 12.0. The molecule has 1 aromatic carbocycles. The van der Waals surface area contributed by atoms with Crippen LogP contribution in [0.5, 0.6) is 0 Å². The molecule has 1 rings (SSSR count). The van der Waals surface area contributed by atoms with Crippen LogP contribution in [0.15, 0.2) is 24.3 Å². The molecule has 24 heavy (non-hydrogen) atoms. The van der Waals surface area contributed by atoms with Crippen LogP contribution >= 0.6 is 0 Å². The number of sulfonamides is 1. The van der Waals surface area contributed by atoms with Crippen molar-refractivity contribution < 1.29 is 22.7 Å². The minimum Gasteiger partial charge on any atom is -0.444 e. The zero-order valence-electron chi connectivity index (χ0n) is 14.2. The Balaban J connectivity index is 2.46. The highest BCUT2D eigenvalue weighted by Crippen LogP contribution is 2.11. The third-order valence-corrected chi connectivity index (χ3v) is 3.11. The SMILES string of the molecule is CC(C)(C)OC(=O)NCCNC(=O)c1cccc(NS(C)(=O)=O)c1. The summed E-state index contributed by atoms with van der Waals surface area (Å²) in [7, 11) is -3.41. The quantitative estimate of drug-likeness (QED) is 0.664. The van der Waals surface area contributed by atoms with Crippen molar-refractivity contribution in [3.8, 4) is 0 Å². The number of ether oxygens (including phenoxy) is 1. The van der Waals surface area contributed by atoms with Gasteiger partial charge in [-0.1, -0.05) is 6.07 Å². The van der Waals surface area contributed by atoms with Crippen LogP contribution in [0.1, 0.15) is 31.1 Å². The number of benzene rings is 1. The summed E-state index contributed by atoms with van der Waals surface area (Å²) >= 11 is 0. The zero-order valence-corrected chi connectivity index (χ0v) is 15.0. The van der Waals surface area contributed by atoms with Gasteiger partial charge in [-0.05, 0) is 39.0 Å². The minimum absolute atomic E-state index is 0.210. The normalized spacial score (nSPS) is 11.5. The van der Waals surface area contributed by atoms with Gasteiger partial charge in [0.15, 0.2) is 0 Å². The van der Waals surface area contributed by atoms with Crippen molar-refractivity contribution in [3.05, 3.63) is 29.8 Å². The maximum absolute atomic E-state index is 12.0. The molecule has 0 saturated heterocycles. The first-order valence-electron chi connectivity index (χ1n) is 7.29. The Morgan fingerprint density at radius 2 is 1.75 bits per heavy atom. The van der Waals surface area contributed by atoms with Gasteiger partial charge in [0.2, 0.25) is 10.0 Å². The molecule has 0 unspecified atom stereocenters. The monoisotopic (exact) mass is 357 g/mol. The topological polar surface area (TPSA) is 114 Å². The van der Waals surface area contributed by atoms with Crippen LogP contribution in [0, 0.1) is 0 Å². The highest BCUT2D eigenvalue weighted by atomic mass is 32.2. The summed E-state index contributed by atoms with van der Waals surface area (Å²) in [4.78, 5) is 23.4. The van der Waals surface area contributed by atoms with Crippen molar-refractivity contribution in [2.45, 2.75) is 26.4 Å². The molecule has 0 aliphatic rings. The summed E-state index contributed by atoms with van der Waals surface area (Å²) in [5.74, 6) is -0.377. The number of hydrogen-bond acceptors (Lipinski definition) is 5. The molecule has 0 aromatic heterocycles. The smallest absolute Gasteiger partial charge is 0.407 e. The van der Waals surface area contributed by atoms with Crippen molar-refractivity contribution in [2.75, 3.05) is 24.1 Å². The van der Waals surface area contributed by atoms with E-state index in [-0.39, 0.29) is 19.0 Å². The predicted molar refractivity (Wildman–Crippen MR) is 91.5 cm³/mol. The van der Waals surface area contributed by atoms with Crippen molar-refractivity contribution >= 4 is 27.7 Å². The van der Waals surface area contributed by atoms with Crippen molar-refractivity contribution in [1.82, 2.24) is 10.6 Å². The van der Waals surface area contributed by atoms with E-state index in [9.17, 15) is 18.0 Å². The Labute approximate surface area is 142 Å². The predicted octanol–water partition coefficient (Wildman–Crippen LogP) is 1.31. The first-order valence-corrected chi connectivity index (χ1v) is 9.18. The molecule has 0 heterocycles. The summed E-state index contributed by atoms with van der Waals surface area (Å²) in [5, 5.41) is 5.14. The number of carbonyl (C=O) groups is 2. The highest BCUT2D eigenvalue weighted by Gasteiger charge is 2.15. The summed E-state index contributed by atoms with van der Waals surface area (Å²) in [6.45, 7) is 5.69. The van der Waals surface area contributed by atoms with E-state index in [0.29, 0.717) is 11.3 Å².